The summed E-state index contributed by atoms with van der Waals surface area (Å²) in [5.41, 5.74) is 2.30. The van der Waals surface area contributed by atoms with Crippen LogP contribution in [-0.2, 0) is 6.54 Å². The molecule has 2 unspecified atom stereocenters. The molecule has 3 nitrogen and oxygen atoms in total. The molecule has 2 fully saturated rings. The third-order valence-electron chi connectivity index (χ3n) is 4.95. The molecule has 4 heteroatoms. The molecular weight excluding hydrogens is 266 g/mol. The van der Waals surface area contributed by atoms with Crippen molar-refractivity contribution in [3.63, 3.8) is 0 Å². The second-order valence-corrected chi connectivity index (χ2v) is 8.16. The highest BCUT2D eigenvalue weighted by atomic mass is 32.1. The first-order valence-electron chi connectivity index (χ1n) is 7.93. The van der Waals surface area contributed by atoms with Crippen LogP contribution < -0.4 is 5.32 Å². The third-order valence-corrected chi connectivity index (χ3v) is 5.72. The number of hydrogen-bond donors (Lipinski definition) is 1. The van der Waals surface area contributed by atoms with Crippen molar-refractivity contribution in [2.24, 2.45) is 11.8 Å². The van der Waals surface area contributed by atoms with Crippen LogP contribution in [0, 0.1) is 11.8 Å². The molecule has 1 saturated carbocycles. The average molecular weight is 293 g/mol. The largest absolute Gasteiger partial charge is 0.311 e. The Morgan fingerprint density at radius 3 is 2.90 bits per heavy atom. The summed E-state index contributed by atoms with van der Waals surface area (Å²) in [7, 11) is 0. The van der Waals surface area contributed by atoms with E-state index in [2.05, 4.69) is 36.0 Å². The van der Waals surface area contributed by atoms with Crippen LogP contribution in [0.15, 0.2) is 11.7 Å². The average Bonchev–Trinajstić information content (AvgIpc) is 3.13. The van der Waals surface area contributed by atoms with E-state index in [9.17, 15) is 0 Å². The molecule has 20 heavy (non-hydrogen) atoms. The van der Waals surface area contributed by atoms with Gasteiger partial charge in [0.25, 0.3) is 0 Å². The number of rotatable bonds is 5. The molecule has 1 saturated heterocycles. The monoisotopic (exact) mass is 293 g/mol. The van der Waals surface area contributed by atoms with E-state index in [4.69, 9.17) is 0 Å². The van der Waals surface area contributed by atoms with E-state index < -0.39 is 0 Å². The number of hydrogen-bond acceptors (Lipinski definition) is 4. The minimum Gasteiger partial charge on any atom is -0.311 e. The van der Waals surface area contributed by atoms with Crippen LogP contribution in [0.4, 0.5) is 0 Å². The van der Waals surface area contributed by atoms with Crippen molar-refractivity contribution in [3.8, 4) is 0 Å². The van der Waals surface area contributed by atoms with Crippen molar-refractivity contribution in [2.75, 3.05) is 13.1 Å². The van der Waals surface area contributed by atoms with Gasteiger partial charge >= 0.3 is 0 Å². The van der Waals surface area contributed by atoms with E-state index in [1.165, 1.54) is 30.7 Å². The number of thiazole rings is 1. The Morgan fingerprint density at radius 1 is 1.50 bits per heavy atom. The van der Waals surface area contributed by atoms with Gasteiger partial charge in [-0.3, -0.25) is 9.88 Å². The van der Waals surface area contributed by atoms with Gasteiger partial charge in [0.15, 0.2) is 0 Å². The Hall–Kier alpha value is -0.450. The Kier molecular flexibility index (Phi) is 4.16. The van der Waals surface area contributed by atoms with Gasteiger partial charge in [-0.1, -0.05) is 13.8 Å². The third kappa shape index (κ3) is 3.07. The Bertz CT molecular complexity index is 427. The first-order valence-corrected chi connectivity index (χ1v) is 8.81. The summed E-state index contributed by atoms with van der Waals surface area (Å²) in [5, 5.41) is 3.82. The van der Waals surface area contributed by atoms with Crippen molar-refractivity contribution >= 4 is 11.3 Å². The first-order chi connectivity index (χ1) is 9.58. The molecule has 2 atom stereocenters. The van der Waals surface area contributed by atoms with Crippen molar-refractivity contribution in [1.29, 1.82) is 0 Å². The molecule has 112 valence electrons. The summed E-state index contributed by atoms with van der Waals surface area (Å²) in [5.74, 6) is 1.66. The molecule has 0 amide bonds. The molecule has 1 aromatic rings. The number of piperazine rings is 1. The fourth-order valence-corrected chi connectivity index (χ4v) is 4.20. The maximum absolute atomic E-state index is 4.24. The van der Waals surface area contributed by atoms with Crippen LogP contribution in [0.25, 0.3) is 0 Å². The second-order valence-electron chi connectivity index (χ2n) is 7.19. The zero-order valence-corrected chi connectivity index (χ0v) is 13.7. The molecule has 1 aromatic heterocycles. The lowest BCUT2D eigenvalue weighted by Crippen LogP contribution is -2.64. The minimum atomic E-state index is 0.345. The maximum atomic E-state index is 4.24. The summed E-state index contributed by atoms with van der Waals surface area (Å²) in [6, 6.07) is 0.648. The van der Waals surface area contributed by atoms with Gasteiger partial charge in [0.2, 0.25) is 0 Å². The number of nitrogens with one attached hydrogen (secondary N) is 1. The molecule has 0 aromatic carbocycles. The van der Waals surface area contributed by atoms with Crippen molar-refractivity contribution < 1.29 is 0 Å². The smallest absolute Gasteiger partial charge is 0.0794 e. The molecule has 0 radical (unpaired) electrons. The van der Waals surface area contributed by atoms with Crippen molar-refractivity contribution in [3.05, 3.63) is 16.6 Å². The Labute approximate surface area is 126 Å². The summed E-state index contributed by atoms with van der Waals surface area (Å²) >= 11 is 1.79. The van der Waals surface area contributed by atoms with Gasteiger partial charge in [0, 0.05) is 42.3 Å². The zero-order valence-electron chi connectivity index (χ0n) is 12.9. The molecule has 1 aliphatic carbocycles. The van der Waals surface area contributed by atoms with Crippen LogP contribution >= 0.6 is 11.3 Å². The predicted octanol–water partition coefficient (Wildman–Crippen LogP) is 3.13. The lowest BCUT2D eigenvalue weighted by Gasteiger charge is -2.49. The summed E-state index contributed by atoms with van der Waals surface area (Å²) < 4.78 is 0. The molecule has 1 aliphatic heterocycles. The van der Waals surface area contributed by atoms with E-state index >= 15 is 0 Å². The van der Waals surface area contributed by atoms with Crippen LogP contribution in [0.1, 0.15) is 44.9 Å². The Morgan fingerprint density at radius 2 is 2.30 bits per heavy atom. The van der Waals surface area contributed by atoms with Crippen molar-refractivity contribution in [2.45, 2.75) is 58.2 Å². The van der Waals surface area contributed by atoms with Gasteiger partial charge < -0.3 is 5.32 Å². The standard InChI is InChI=1S/C16H27N3S/c1-12(2)6-14-8-19(9-15-7-17-11-20-15)16(3,10-18-14)13-4-5-13/h7,11-14,18H,4-6,8-10H2,1-3H3. The highest BCUT2D eigenvalue weighted by molar-refractivity contribution is 7.09. The molecule has 2 heterocycles. The van der Waals surface area contributed by atoms with E-state index in [0.29, 0.717) is 11.6 Å². The van der Waals surface area contributed by atoms with Gasteiger partial charge in [0.05, 0.1) is 5.51 Å². The number of nitrogens with zero attached hydrogens (tertiary/aromatic N) is 2. The number of aromatic nitrogens is 1. The lowest BCUT2D eigenvalue weighted by atomic mass is 9.88. The SMILES string of the molecule is CC(C)CC1CN(Cc2cncs2)C(C)(C2CC2)CN1. The van der Waals surface area contributed by atoms with Crippen LogP contribution in [0.2, 0.25) is 0 Å². The summed E-state index contributed by atoms with van der Waals surface area (Å²) in [6.45, 7) is 10.5. The highest BCUT2D eigenvalue weighted by Crippen LogP contribution is 2.44. The van der Waals surface area contributed by atoms with Gasteiger partial charge in [-0.05, 0) is 38.0 Å². The molecular formula is C16H27N3S. The highest BCUT2D eigenvalue weighted by Gasteiger charge is 2.48. The van der Waals surface area contributed by atoms with Crippen LogP contribution in [0.5, 0.6) is 0 Å². The maximum Gasteiger partial charge on any atom is 0.0794 e. The van der Waals surface area contributed by atoms with Gasteiger partial charge in [-0.2, -0.15) is 0 Å². The topological polar surface area (TPSA) is 28.2 Å². The minimum absolute atomic E-state index is 0.345. The van der Waals surface area contributed by atoms with Gasteiger partial charge in [-0.15, -0.1) is 11.3 Å². The fourth-order valence-electron chi connectivity index (χ4n) is 3.59. The molecule has 1 N–H and O–H groups in total. The Balaban J connectivity index is 1.72. The van der Waals surface area contributed by atoms with E-state index in [1.807, 2.05) is 11.7 Å². The van der Waals surface area contributed by atoms with Crippen molar-refractivity contribution in [1.82, 2.24) is 15.2 Å². The molecule has 0 spiro atoms. The quantitative estimate of drug-likeness (QED) is 0.904. The first kappa shape index (κ1) is 14.5. The van der Waals surface area contributed by atoms with E-state index in [0.717, 1.165) is 24.9 Å². The van der Waals surface area contributed by atoms with Gasteiger partial charge in [0.1, 0.15) is 0 Å². The summed E-state index contributed by atoms with van der Waals surface area (Å²) in [6.07, 6.45) is 6.13. The normalized spacial score (nSPS) is 31.9. The molecule has 3 rings (SSSR count). The summed E-state index contributed by atoms with van der Waals surface area (Å²) in [4.78, 5) is 8.38. The predicted molar refractivity (Wildman–Crippen MR) is 84.9 cm³/mol. The van der Waals surface area contributed by atoms with E-state index in [1.54, 1.807) is 11.3 Å². The van der Waals surface area contributed by atoms with Crippen LogP contribution in [0.3, 0.4) is 0 Å². The van der Waals surface area contributed by atoms with Gasteiger partial charge in [-0.25, -0.2) is 0 Å². The van der Waals surface area contributed by atoms with Crippen LogP contribution in [-0.4, -0.2) is 34.6 Å². The fraction of sp³-hybridized carbons (Fsp3) is 0.812. The molecule has 2 aliphatic rings. The molecule has 0 bridgehead atoms. The zero-order chi connectivity index (χ0) is 14.2. The second kappa shape index (κ2) is 5.74. The van der Waals surface area contributed by atoms with E-state index in [-0.39, 0.29) is 0 Å². The lowest BCUT2D eigenvalue weighted by molar-refractivity contribution is 0.0246.